The first kappa shape index (κ1) is 22.9. The number of rotatable bonds is 8. The van der Waals surface area contributed by atoms with Gasteiger partial charge < -0.3 is 10.2 Å². The van der Waals surface area contributed by atoms with Crippen LogP contribution in [-0.2, 0) is 23.4 Å². The average molecular weight is 424 g/mol. The Morgan fingerprint density at radius 2 is 2.03 bits per heavy atom. The number of halogens is 1. The minimum Gasteiger partial charge on any atom is -0.357 e. The van der Waals surface area contributed by atoms with Crippen LogP contribution < -0.4 is 5.32 Å². The van der Waals surface area contributed by atoms with Crippen LogP contribution in [0.25, 0.3) is 0 Å². The molecule has 0 fully saturated rings. The Bertz CT molecular complexity index is 954. The van der Waals surface area contributed by atoms with Crippen LogP contribution in [-0.4, -0.2) is 54.9 Å². The molecule has 0 unspecified atom stereocenters. The largest absolute Gasteiger partial charge is 0.357 e. The molecule has 0 radical (unpaired) electrons. The highest BCUT2D eigenvalue weighted by atomic mass is 32.2. The lowest BCUT2D eigenvalue weighted by atomic mass is 10.1. The zero-order valence-corrected chi connectivity index (χ0v) is 18.5. The van der Waals surface area contributed by atoms with Crippen LogP contribution in [0, 0.1) is 5.82 Å². The molecule has 0 bridgehead atoms. The molecule has 1 N–H and O–H groups in total. The van der Waals surface area contributed by atoms with Gasteiger partial charge >= 0.3 is 0 Å². The Morgan fingerprint density at radius 3 is 2.66 bits per heavy atom. The van der Waals surface area contributed by atoms with E-state index in [1.54, 1.807) is 4.68 Å². The van der Waals surface area contributed by atoms with Gasteiger partial charge in [-0.1, -0.05) is 26.0 Å². The molecule has 1 heterocycles. The number of hydrogen-bond acceptors (Lipinski definition) is 4. The molecule has 0 saturated heterocycles. The number of aliphatic imine (C=N–C) groups is 1. The molecular weight excluding hydrogens is 393 g/mol. The lowest BCUT2D eigenvalue weighted by Crippen LogP contribution is -2.39. The van der Waals surface area contributed by atoms with Crippen LogP contribution in [0.3, 0.4) is 0 Å². The maximum atomic E-state index is 13.8. The van der Waals surface area contributed by atoms with E-state index in [2.05, 4.69) is 29.3 Å². The SMILES string of the molecule is CCNC(=NCCS(=O)(=O)c1ccccc1F)N(C)Cc1cn(C)nc1C(C)C. The highest BCUT2D eigenvalue weighted by Crippen LogP contribution is 2.19. The van der Waals surface area contributed by atoms with Crippen molar-refractivity contribution in [2.75, 3.05) is 25.9 Å². The zero-order chi connectivity index (χ0) is 21.6. The van der Waals surface area contributed by atoms with Gasteiger partial charge in [0.1, 0.15) is 10.7 Å². The summed E-state index contributed by atoms with van der Waals surface area (Å²) in [5.41, 5.74) is 2.12. The van der Waals surface area contributed by atoms with Gasteiger partial charge in [0.2, 0.25) is 0 Å². The second-order valence-electron chi connectivity index (χ2n) is 7.21. The number of nitrogens with zero attached hydrogens (tertiary/aromatic N) is 4. The Hall–Kier alpha value is -2.42. The summed E-state index contributed by atoms with van der Waals surface area (Å²) in [6.45, 7) is 7.41. The van der Waals surface area contributed by atoms with E-state index in [0.29, 0.717) is 25.0 Å². The van der Waals surface area contributed by atoms with Crippen LogP contribution in [0.2, 0.25) is 0 Å². The molecule has 9 heteroatoms. The lowest BCUT2D eigenvalue weighted by Gasteiger charge is -2.22. The Labute approximate surface area is 172 Å². The lowest BCUT2D eigenvalue weighted by molar-refractivity contribution is 0.474. The van der Waals surface area contributed by atoms with Crippen LogP contribution in [0.5, 0.6) is 0 Å². The van der Waals surface area contributed by atoms with Crippen LogP contribution >= 0.6 is 0 Å². The zero-order valence-electron chi connectivity index (χ0n) is 17.7. The minimum atomic E-state index is -3.74. The molecule has 2 aromatic rings. The number of nitrogens with one attached hydrogen (secondary N) is 1. The molecule has 0 amide bonds. The van der Waals surface area contributed by atoms with Gasteiger partial charge in [-0.05, 0) is 25.0 Å². The van der Waals surface area contributed by atoms with Gasteiger partial charge in [0, 0.05) is 38.9 Å². The second kappa shape index (κ2) is 9.87. The molecule has 29 heavy (non-hydrogen) atoms. The van der Waals surface area contributed by atoms with Crippen molar-refractivity contribution < 1.29 is 12.8 Å². The van der Waals surface area contributed by atoms with Crippen LogP contribution in [0.1, 0.15) is 37.9 Å². The average Bonchev–Trinajstić information content (AvgIpc) is 3.01. The van der Waals surface area contributed by atoms with E-state index in [4.69, 9.17) is 0 Å². The first-order valence-electron chi connectivity index (χ1n) is 9.64. The van der Waals surface area contributed by atoms with Crippen molar-refractivity contribution in [3.05, 3.63) is 47.5 Å². The topological polar surface area (TPSA) is 79.6 Å². The maximum Gasteiger partial charge on any atom is 0.193 e. The van der Waals surface area contributed by atoms with E-state index in [9.17, 15) is 12.8 Å². The van der Waals surface area contributed by atoms with Gasteiger partial charge in [0.25, 0.3) is 0 Å². The normalized spacial score (nSPS) is 12.4. The molecule has 1 aromatic heterocycles. The molecule has 0 aliphatic heterocycles. The van der Waals surface area contributed by atoms with Crippen molar-refractivity contribution in [1.82, 2.24) is 20.0 Å². The van der Waals surface area contributed by atoms with Gasteiger partial charge in [-0.3, -0.25) is 9.67 Å². The van der Waals surface area contributed by atoms with Crippen molar-refractivity contribution in [2.45, 2.75) is 38.1 Å². The quantitative estimate of drug-likeness (QED) is 0.521. The summed E-state index contributed by atoms with van der Waals surface area (Å²) in [5.74, 6) is -0.112. The highest BCUT2D eigenvalue weighted by Gasteiger charge is 2.19. The van der Waals surface area contributed by atoms with Crippen LogP contribution in [0.4, 0.5) is 4.39 Å². The molecule has 1 aromatic carbocycles. The Morgan fingerprint density at radius 1 is 1.34 bits per heavy atom. The predicted octanol–water partition coefficient (Wildman–Crippen LogP) is 2.55. The number of guanidine groups is 1. The number of aryl methyl sites for hydroxylation is 1. The van der Waals surface area contributed by atoms with E-state index in [1.807, 2.05) is 32.1 Å². The fourth-order valence-electron chi connectivity index (χ4n) is 3.04. The van der Waals surface area contributed by atoms with Crippen molar-refractivity contribution >= 4 is 15.8 Å². The van der Waals surface area contributed by atoms with Gasteiger partial charge in [-0.2, -0.15) is 5.10 Å². The first-order chi connectivity index (χ1) is 13.7. The maximum absolute atomic E-state index is 13.8. The third-order valence-electron chi connectivity index (χ3n) is 4.38. The van der Waals surface area contributed by atoms with Gasteiger partial charge in [-0.25, -0.2) is 12.8 Å². The van der Waals surface area contributed by atoms with Gasteiger partial charge in [-0.15, -0.1) is 0 Å². The molecule has 2 rings (SSSR count). The summed E-state index contributed by atoms with van der Waals surface area (Å²) in [7, 11) is 0.0415. The fraction of sp³-hybridized carbons (Fsp3) is 0.500. The Balaban J connectivity index is 2.12. The monoisotopic (exact) mass is 423 g/mol. The van der Waals surface area contributed by atoms with E-state index in [1.165, 1.54) is 18.2 Å². The summed E-state index contributed by atoms with van der Waals surface area (Å²) in [6.07, 6.45) is 1.98. The second-order valence-corrected chi connectivity index (χ2v) is 9.29. The molecule has 7 nitrogen and oxygen atoms in total. The number of sulfone groups is 1. The van der Waals surface area contributed by atoms with Gasteiger partial charge in [0.15, 0.2) is 15.8 Å². The van der Waals surface area contributed by atoms with E-state index in [0.717, 1.165) is 17.3 Å². The number of benzene rings is 1. The van der Waals surface area contributed by atoms with Crippen LogP contribution in [0.15, 0.2) is 40.4 Å². The molecule has 0 aliphatic rings. The molecule has 0 atom stereocenters. The smallest absolute Gasteiger partial charge is 0.193 e. The molecule has 160 valence electrons. The summed E-state index contributed by atoms with van der Waals surface area (Å²) in [6, 6.07) is 5.40. The minimum absolute atomic E-state index is 0.0351. The summed E-state index contributed by atoms with van der Waals surface area (Å²) >= 11 is 0. The molecular formula is C20H30FN5O2S. The van der Waals surface area contributed by atoms with Crippen molar-refractivity contribution in [1.29, 1.82) is 0 Å². The third kappa shape index (κ3) is 6.03. The molecule has 0 saturated carbocycles. The number of aromatic nitrogens is 2. The summed E-state index contributed by atoms with van der Waals surface area (Å²) < 4.78 is 40.5. The van der Waals surface area contributed by atoms with Crippen molar-refractivity contribution in [3.8, 4) is 0 Å². The van der Waals surface area contributed by atoms with E-state index < -0.39 is 15.7 Å². The van der Waals surface area contributed by atoms with E-state index in [-0.39, 0.29) is 17.2 Å². The summed E-state index contributed by atoms with van der Waals surface area (Å²) in [4.78, 5) is 6.08. The predicted molar refractivity (Wildman–Crippen MR) is 113 cm³/mol. The third-order valence-corrected chi connectivity index (χ3v) is 6.10. The van der Waals surface area contributed by atoms with E-state index >= 15 is 0 Å². The summed E-state index contributed by atoms with van der Waals surface area (Å²) in [5, 5.41) is 7.70. The molecule has 0 spiro atoms. The standard InChI is InChI=1S/C20H30FN5O2S/c1-6-22-20(25(4)13-16-14-26(5)24-19(16)15(2)3)23-11-12-29(27,28)18-10-8-7-9-17(18)21/h7-10,14-15H,6,11-13H2,1-5H3,(H,22,23). The van der Waals surface area contributed by atoms with Crippen molar-refractivity contribution in [2.24, 2.45) is 12.0 Å². The number of hydrogen-bond donors (Lipinski definition) is 1. The first-order valence-corrected chi connectivity index (χ1v) is 11.3. The molecule has 0 aliphatic carbocycles. The Kier molecular flexibility index (Phi) is 7.78. The fourth-order valence-corrected chi connectivity index (χ4v) is 4.24. The highest BCUT2D eigenvalue weighted by molar-refractivity contribution is 7.91. The van der Waals surface area contributed by atoms with Gasteiger partial charge in [0.05, 0.1) is 18.0 Å². The van der Waals surface area contributed by atoms with Crippen molar-refractivity contribution in [3.63, 3.8) is 0 Å².